The van der Waals surface area contributed by atoms with Gasteiger partial charge in [0.1, 0.15) is 23.5 Å². The summed E-state index contributed by atoms with van der Waals surface area (Å²) >= 11 is 5.75. The number of piperidine rings is 1. The van der Waals surface area contributed by atoms with Gasteiger partial charge in [0.25, 0.3) is 11.8 Å². The summed E-state index contributed by atoms with van der Waals surface area (Å²) in [6, 6.07) is 9.61. The summed E-state index contributed by atoms with van der Waals surface area (Å²) in [4.78, 5) is 53.4. The summed E-state index contributed by atoms with van der Waals surface area (Å²) in [5, 5.41) is 2.62. The van der Waals surface area contributed by atoms with E-state index < -0.39 is 40.5 Å². The van der Waals surface area contributed by atoms with E-state index in [1.807, 2.05) is 0 Å². The third-order valence-electron chi connectivity index (χ3n) is 7.09. The first-order valence-electron chi connectivity index (χ1n) is 11.5. The van der Waals surface area contributed by atoms with Gasteiger partial charge in [-0.2, -0.15) is 8.78 Å². The largest absolute Gasteiger partial charge is 0.352 e. The zero-order chi connectivity index (χ0) is 26.6. The second-order valence-electron chi connectivity index (χ2n) is 9.67. The summed E-state index contributed by atoms with van der Waals surface area (Å²) in [6.45, 7) is 0.126. The van der Waals surface area contributed by atoms with Gasteiger partial charge >= 0.3 is 5.92 Å². The Morgan fingerprint density at radius 3 is 2.44 bits per heavy atom. The number of carbonyl (C=O) groups is 4. The van der Waals surface area contributed by atoms with Gasteiger partial charge in [-0.15, -0.1) is 0 Å². The van der Waals surface area contributed by atoms with Crippen LogP contribution >= 0.6 is 11.6 Å². The van der Waals surface area contributed by atoms with Gasteiger partial charge in [-0.1, -0.05) is 35.9 Å². The number of carbonyl (C=O) groups excluding carboxylic acids is 4. The lowest BCUT2D eigenvalue weighted by Crippen LogP contribution is -2.65. The fraction of sp³-hybridized carbons (Fsp3) is 0.273. The molecule has 0 aliphatic carbocycles. The third-order valence-corrected chi connectivity index (χ3v) is 7.34. The van der Waals surface area contributed by atoms with Crippen molar-refractivity contribution in [3.05, 3.63) is 69.7 Å². The quantitative estimate of drug-likeness (QED) is 0.410. The molecule has 7 nitrogen and oxygen atoms in total. The van der Waals surface area contributed by atoms with Crippen LogP contribution in [0.25, 0.3) is 0 Å². The minimum atomic E-state index is -3.77. The monoisotopic (exact) mass is 509 g/mol. The molecule has 1 N–H and O–H groups in total. The molecule has 1 saturated heterocycles. The normalized spacial score (nSPS) is 23.0. The highest BCUT2D eigenvalue weighted by Gasteiger charge is 2.52. The lowest BCUT2D eigenvalue weighted by Gasteiger charge is -2.45. The number of halogens is 3. The van der Waals surface area contributed by atoms with Crippen LogP contribution in [0.5, 0.6) is 0 Å². The molecule has 2 aliphatic heterocycles. The van der Waals surface area contributed by atoms with E-state index in [9.17, 15) is 28.0 Å². The molecule has 0 saturated carbocycles. The first-order chi connectivity index (χ1) is 16.8. The van der Waals surface area contributed by atoms with Crippen LogP contribution in [0.3, 0.4) is 0 Å². The van der Waals surface area contributed by atoms with Crippen molar-refractivity contribution >= 4 is 66.7 Å². The molecule has 0 aromatic heterocycles. The van der Waals surface area contributed by atoms with E-state index in [0.717, 1.165) is 16.9 Å². The van der Waals surface area contributed by atoms with E-state index in [1.54, 1.807) is 41.7 Å². The zero-order valence-corrected chi connectivity index (χ0v) is 21.0. The van der Waals surface area contributed by atoms with Gasteiger partial charge in [-0.05, 0) is 35.7 Å². The molecule has 2 aliphatic rings. The van der Waals surface area contributed by atoms with Crippen molar-refractivity contribution < 1.29 is 28.0 Å². The highest BCUT2D eigenvalue weighted by molar-refractivity contribution is 6.42. The van der Waals surface area contributed by atoms with E-state index in [2.05, 4.69) is 5.32 Å². The van der Waals surface area contributed by atoms with Crippen molar-refractivity contribution in [2.45, 2.75) is 36.1 Å². The van der Waals surface area contributed by atoms with E-state index in [1.165, 1.54) is 25.0 Å². The molecule has 14 heteroatoms. The average Bonchev–Trinajstić information content (AvgIpc) is 3.18. The molecule has 3 atom stereocenters. The van der Waals surface area contributed by atoms with Gasteiger partial charge in [0.15, 0.2) is 0 Å². The van der Waals surface area contributed by atoms with Crippen LogP contribution in [0, 0.1) is 0 Å². The van der Waals surface area contributed by atoms with Crippen molar-refractivity contribution in [3.63, 3.8) is 0 Å². The number of amides is 4. The molecule has 1 fully saturated rings. The summed E-state index contributed by atoms with van der Waals surface area (Å²) in [5.74, 6) is -7.51. The van der Waals surface area contributed by atoms with Crippen molar-refractivity contribution in [1.82, 2.24) is 15.0 Å². The maximum Gasteiger partial charge on any atom is 0.349 e. The molecule has 4 rings (SSSR count). The number of hydrogen-bond acceptors (Lipinski definition) is 4. The fourth-order valence-electron chi connectivity index (χ4n) is 4.96. The smallest absolute Gasteiger partial charge is 0.349 e. The maximum absolute atomic E-state index is 14.7. The summed E-state index contributed by atoms with van der Waals surface area (Å²) < 4.78 is 29.4. The highest BCUT2D eigenvalue weighted by atomic mass is 35.5. The number of hydrogen-bond donors (Lipinski definition) is 1. The van der Waals surface area contributed by atoms with Crippen molar-refractivity contribution in [2.75, 3.05) is 0 Å². The SMILES string of the molecule is BC1CC(B)(N2Cc3cc(C(B)NC(=O)C(F)(F)c4ccc(Cl)cc4)ccc3C2=O)C(=O)N(B)C1=O. The summed E-state index contributed by atoms with van der Waals surface area (Å²) in [7, 11) is 6.36. The predicted molar refractivity (Wildman–Crippen MR) is 140 cm³/mol. The molecule has 2 aromatic carbocycles. The molecule has 182 valence electrons. The average molecular weight is 509 g/mol. The Labute approximate surface area is 215 Å². The Morgan fingerprint density at radius 1 is 1.17 bits per heavy atom. The minimum absolute atomic E-state index is 0.126. The summed E-state index contributed by atoms with van der Waals surface area (Å²) in [6.07, 6.45) is 0.202. The second-order valence-corrected chi connectivity index (χ2v) is 10.1. The van der Waals surface area contributed by atoms with Gasteiger partial charge in [-0.25, -0.2) is 0 Å². The van der Waals surface area contributed by atoms with E-state index >= 15 is 0 Å². The standard InChI is InChI=1S/C22H22B4ClF2N3O4/c23-15-8-21(25,20(36)32(26)18(15)34)31-9-11-7-10(1-6-14(11)17(31)33)16(24)30-19(35)22(28,29)12-2-4-13(27)5-3-12/h1-7,15-16H,8-9,23-26H2,(H,30,35). The fourth-order valence-corrected chi connectivity index (χ4v) is 5.08. The number of rotatable bonds is 5. The first kappa shape index (κ1) is 26.0. The molecule has 2 aromatic rings. The summed E-state index contributed by atoms with van der Waals surface area (Å²) in [5.41, 5.74) is -0.132. The molecule has 0 bridgehead atoms. The molecule has 3 unspecified atom stereocenters. The minimum Gasteiger partial charge on any atom is -0.352 e. The zero-order valence-electron chi connectivity index (χ0n) is 20.3. The van der Waals surface area contributed by atoms with Crippen LogP contribution in [0.4, 0.5) is 8.78 Å². The van der Waals surface area contributed by atoms with Crippen LogP contribution in [0.1, 0.15) is 39.4 Å². The molecule has 2 heterocycles. The number of benzene rings is 2. The molecular formula is C22H22B4ClF2N3O4. The first-order valence-corrected chi connectivity index (χ1v) is 11.9. The molecule has 0 spiro atoms. The maximum atomic E-state index is 14.7. The van der Waals surface area contributed by atoms with Crippen LogP contribution in [-0.2, 0) is 26.9 Å². The van der Waals surface area contributed by atoms with Crippen LogP contribution < -0.4 is 5.32 Å². The molecule has 36 heavy (non-hydrogen) atoms. The Bertz CT molecular complexity index is 1280. The topological polar surface area (TPSA) is 86.8 Å². The van der Waals surface area contributed by atoms with Gasteiger partial charge in [0.2, 0.25) is 19.8 Å². The van der Waals surface area contributed by atoms with Crippen molar-refractivity contribution in [2.24, 2.45) is 0 Å². The van der Waals surface area contributed by atoms with Crippen molar-refractivity contribution in [1.29, 1.82) is 0 Å². The number of imide groups is 1. The molecular weight excluding hydrogens is 487 g/mol. The Balaban J connectivity index is 1.53. The van der Waals surface area contributed by atoms with E-state index in [4.69, 9.17) is 11.6 Å². The molecule has 4 amide bonds. The predicted octanol–water partition coefficient (Wildman–Crippen LogP) is -1.11. The number of nitrogens with one attached hydrogen (secondary N) is 1. The van der Waals surface area contributed by atoms with Crippen molar-refractivity contribution in [3.8, 4) is 0 Å². The van der Waals surface area contributed by atoms with Gasteiger partial charge in [-0.3, -0.25) is 19.2 Å². The van der Waals surface area contributed by atoms with Gasteiger partial charge in [0.05, 0.1) is 5.44 Å². The Hall–Kier alpha value is -3.07. The Morgan fingerprint density at radius 2 is 1.81 bits per heavy atom. The van der Waals surface area contributed by atoms with Gasteiger partial charge in [0, 0.05) is 34.5 Å². The third kappa shape index (κ3) is 4.23. The van der Waals surface area contributed by atoms with E-state index in [0.29, 0.717) is 16.7 Å². The number of nitrogens with zero attached hydrogens (tertiary/aromatic N) is 2. The lowest BCUT2D eigenvalue weighted by molar-refractivity contribution is -0.148. The van der Waals surface area contributed by atoms with Crippen LogP contribution in [0.15, 0.2) is 42.5 Å². The second kappa shape index (κ2) is 9.10. The number of alkyl halides is 2. The van der Waals surface area contributed by atoms with E-state index in [-0.39, 0.29) is 29.8 Å². The number of fused-ring (bicyclic) bond motifs is 1. The van der Waals surface area contributed by atoms with Crippen LogP contribution in [-0.4, -0.2) is 70.3 Å². The van der Waals surface area contributed by atoms with Crippen LogP contribution in [0.2, 0.25) is 10.8 Å². The highest BCUT2D eigenvalue weighted by Crippen LogP contribution is 2.38. The molecule has 0 radical (unpaired) electrons. The lowest BCUT2D eigenvalue weighted by atomic mass is 9.61. The Kier molecular flexibility index (Phi) is 6.58. The van der Waals surface area contributed by atoms with Gasteiger partial charge < -0.3 is 15.0 Å².